The minimum atomic E-state index is -0.921. The Hall–Kier alpha value is -1.36. The van der Waals surface area contributed by atoms with Crippen LogP contribution < -0.4 is 5.32 Å². The number of nitrogens with one attached hydrogen (secondary N) is 1. The van der Waals surface area contributed by atoms with Gasteiger partial charge in [-0.25, -0.2) is 14.8 Å². The average molecular weight is 244 g/mol. The van der Waals surface area contributed by atoms with E-state index in [4.69, 9.17) is 16.7 Å². The van der Waals surface area contributed by atoms with Crippen LogP contribution in [-0.4, -0.2) is 27.1 Å². The molecule has 0 aliphatic carbocycles. The summed E-state index contributed by atoms with van der Waals surface area (Å²) in [5.74, 6) is -0.350. The van der Waals surface area contributed by atoms with Gasteiger partial charge in [0.1, 0.15) is 6.04 Å². The number of hydrogen-bond acceptors (Lipinski definition) is 4. The van der Waals surface area contributed by atoms with Crippen molar-refractivity contribution in [2.24, 2.45) is 5.92 Å². The third kappa shape index (κ3) is 3.66. The van der Waals surface area contributed by atoms with E-state index >= 15 is 0 Å². The summed E-state index contributed by atoms with van der Waals surface area (Å²) in [5.41, 5.74) is 0. The van der Waals surface area contributed by atoms with Crippen molar-refractivity contribution in [3.8, 4) is 0 Å². The fourth-order valence-corrected chi connectivity index (χ4v) is 1.44. The summed E-state index contributed by atoms with van der Waals surface area (Å²) >= 11 is 5.78. The van der Waals surface area contributed by atoms with Crippen molar-refractivity contribution in [3.05, 3.63) is 17.5 Å². The SMILES string of the molecule is CC(C)C[C@@H](Nc1nccnc1Cl)C(=O)O. The molecule has 0 unspecified atom stereocenters. The van der Waals surface area contributed by atoms with Crippen molar-refractivity contribution < 1.29 is 9.90 Å². The maximum atomic E-state index is 11.0. The third-order valence-corrected chi connectivity index (χ3v) is 2.25. The number of hydrogen-bond donors (Lipinski definition) is 2. The molecule has 0 aromatic carbocycles. The lowest BCUT2D eigenvalue weighted by molar-refractivity contribution is -0.138. The standard InChI is InChI=1S/C10H14ClN3O2/c1-6(2)5-7(10(15)16)14-9-8(11)12-3-4-13-9/h3-4,6-7H,5H2,1-2H3,(H,13,14)(H,15,16)/t7-/m1/s1. The van der Waals surface area contributed by atoms with E-state index in [1.165, 1.54) is 12.4 Å². The van der Waals surface area contributed by atoms with E-state index in [0.717, 1.165) is 0 Å². The van der Waals surface area contributed by atoms with Crippen LogP contribution in [0.1, 0.15) is 20.3 Å². The number of aromatic nitrogens is 2. The lowest BCUT2D eigenvalue weighted by atomic mass is 10.0. The monoisotopic (exact) mass is 243 g/mol. The molecule has 1 rings (SSSR count). The quantitative estimate of drug-likeness (QED) is 0.828. The number of rotatable bonds is 5. The van der Waals surface area contributed by atoms with E-state index < -0.39 is 12.0 Å². The number of carboxylic acid groups (broad SMARTS) is 1. The molecule has 0 bridgehead atoms. The molecule has 1 heterocycles. The molecular weight excluding hydrogens is 230 g/mol. The Morgan fingerprint density at radius 1 is 1.50 bits per heavy atom. The van der Waals surface area contributed by atoms with Gasteiger partial charge < -0.3 is 10.4 Å². The van der Waals surface area contributed by atoms with Crippen molar-refractivity contribution in [3.63, 3.8) is 0 Å². The highest BCUT2D eigenvalue weighted by molar-refractivity contribution is 6.31. The molecule has 0 radical (unpaired) electrons. The second-order valence-corrected chi connectivity index (χ2v) is 4.22. The van der Waals surface area contributed by atoms with Crippen LogP contribution >= 0.6 is 11.6 Å². The second-order valence-electron chi connectivity index (χ2n) is 3.86. The maximum absolute atomic E-state index is 11.0. The minimum absolute atomic E-state index is 0.178. The Kier molecular flexibility index (Phi) is 4.49. The lowest BCUT2D eigenvalue weighted by Gasteiger charge is -2.17. The normalized spacial score (nSPS) is 12.5. The van der Waals surface area contributed by atoms with Gasteiger partial charge in [-0.1, -0.05) is 25.4 Å². The number of carboxylic acids is 1. The Bertz CT molecular complexity index is 371. The molecule has 0 amide bonds. The van der Waals surface area contributed by atoms with Crippen LogP contribution in [0.25, 0.3) is 0 Å². The Morgan fingerprint density at radius 2 is 2.12 bits per heavy atom. The molecule has 0 aliphatic heterocycles. The van der Waals surface area contributed by atoms with E-state index in [0.29, 0.717) is 12.2 Å². The molecule has 88 valence electrons. The minimum Gasteiger partial charge on any atom is -0.480 e. The fraction of sp³-hybridized carbons (Fsp3) is 0.500. The van der Waals surface area contributed by atoms with Crippen molar-refractivity contribution >= 4 is 23.4 Å². The van der Waals surface area contributed by atoms with Gasteiger partial charge in [-0.2, -0.15) is 0 Å². The molecule has 6 heteroatoms. The number of anilines is 1. The summed E-state index contributed by atoms with van der Waals surface area (Å²) in [4.78, 5) is 18.8. The number of halogens is 1. The molecule has 0 spiro atoms. The van der Waals surface area contributed by atoms with Gasteiger partial charge in [0.05, 0.1) is 0 Å². The number of nitrogens with zero attached hydrogens (tertiary/aromatic N) is 2. The molecular formula is C10H14ClN3O2. The zero-order chi connectivity index (χ0) is 12.1. The van der Waals surface area contributed by atoms with Crippen molar-refractivity contribution in [1.82, 2.24) is 9.97 Å². The molecule has 0 fully saturated rings. The van der Waals surface area contributed by atoms with Crippen molar-refractivity contribution in [1.29, 1.82) is 0 Å². The van der Waals surface area contributed by atoms with E-state index in [-0.39, 0.29) is 11.1 Å². The van der Waals surface area contributed by atoms with Crippen LogP contribution in [0.15, 0.2) is 12.4 Å². The first-order valence-corrected chi connectivity index (χ1v) is 5.34. The van der Waals surface area contributed by atoms with E-state index in [1.54, 1.807) is 0 Å². The van der Waals surface area contributed by atoms with Gasteiger partial charge >= 0.3 is 5.97 Å². The van der Waals surface area contributed by atoms with Gasteiger partial charge in [0.15, 0.2) is 11.0 Å². The van der Waals surface area contributed by atoms with Crippen molar-refractivity contribution in [2.75, 3.05) is 5.32 Å². The smallest absolute Gasteiger partial charge is 0.326 e. The molecule has 2 N–H and O–H groups in total. The Balaban J connectivity index is 2.76. The zero-order valence-electron chi connectivity index (χ0n) is 9.14. The largest absolute Gasteiger partial charge is 0.480 e. The van der Waals surface area contributed by atoms with Gasteiger partial charge in [0, 0.05) is 12.4 Å². The van der Waals surface area contributed by atoms with Crippen LogP contribution in [-0.2, 0) is 4.79 Å². The maximum Gasteiger partial charge on any atom is 0.326 e. The van der Waals surface area contributed by atoms with Gasteiger partial charge in [-0.05, 0) is 12.3 Å². The Labute approximate surface area is 98.9 Å². The summed E-state index contributed by atoms with van der Waals surface area (Å²) < 4.78 is 0. The molecule has 1 aromatic heterocycles. The molecule has 0 saturated heterocycles. The summed E-state index contributed by atoms with van der Waals surface area (Å²) in [6.45, 7) is 3.91. The summed E-state index contributed by atoms with van der Waals surface area (Å²) in [6.07, 6.45) is 3.41. The molecule has 0 saturated carbocycles. The predicted molar refractivity (Wildman–Crippen MR) is 61.5 cm³/mol. The molecule has 0 aliphatic rings. The average Bonchev–Trinajstić information content (AvgIpc) is 2.19. The first-order valence-electron chi connectivity index (χ1n) is 4.96. The second kappa shape index (κ2) is 5.65. The van der Waals surface area contributed by atoms with Crippen molar-refractivity contribution in [2.45, 2.75) is 26.3 Å². The molecule has 1 aromatic rings. The van der Waals surface area contributed by atoms with Crippen LogP contribution in [0.5, 0.6) is 0 Å². The summed E-state index contributed by atoms with van der Waals surface area (Å²) in [7, 11) is 0. The Morgan fingerprint density at radius 3 is 2.62 bits per heavy atom. The van der Waals surface area contributed by atoms with Crippen LogP contribution in [0.4, 0.5) is 5.82 Å². The zero-order valence-corrected chi connectivity index (χ0v) is 9.90. The fourth-order valence-electron chi connectivity index (χ4n) is 1.28. The lowest BCUT2D eigenvalue weighted by Crippen LogP contribution is -2.31. The van der Waals surface area contributed by atoms with Gasteiger partial charge in [-0.3, -0.25) is 0 Å². The summed E-state index contributed by atoms with van der Waals surface area (Å²) in [6, 6.07) is -0.700. The highest BCUT2D eigenvalue weighted by atomic mass is 35.5. The van der Waals surface area contributed by atoms with E-state index in [2.05, 4.69) is 15.3 Å². The first-order chi connectivity index (χ1) is 7.50. The van der Waals surface area contributed by atoms with Crippen LogP contribution in [0.2, 0.25) is 5.15 Å². The number of carbonyl (C=O) groups is 1. The van der Waals surface area contributed by atoms with Crippen LogP contribution in [0.3, 0.4) is 0 Å². The predicted octanol–water partition coefficient (Wildman–Crippen LogP) is 2.04. The highest BCUT2D eigenvalue weighted by Crippen LogP contribution is 2.17. The molecule has 5 nitrogen and oxygen atoms in total. The topological polar surface area (TPSA) is 75.1 Å². The van der Waals surface area contributed by atoms with Gasteiger partial charge in [0.25, 0.3) is 0 Å². The van der Waals surface area contributed by atoms with E-state index in [1.807, 2.05) is 13.8 Å². The first kappa shape index (κ1) is 12.7. The van der Waals surface area contributed by atoms with Crippen LogP contribution in [0, 0.1) is 5.92 Å². The third-order valence-electron chi connectivity index (χ3n) is 1.97. The highest BCUT2D eigenvalue weighted by Gasteiger charge is 2.20. The van der Waals surface area contributed by atoms with E-state index in [9.17, 15) is 4.79 Å². The van der Waals surface area contributed by atoms with Gasteiger partial charge in [-0.15, -0.1) is 0 Å². The molecule has 16 heavy (non-hydrogen) atoms. The van der Waals surface area contributed by atoms with Gasteiger partial charge in [0.2, 0.25) is 0 Å². The summed E-state index contributed by atoms with van der Waals surface area (Å²) in [5, 5.41) is 12.0. The number of aliphatic carboxylic acids is 1. The molecule has 1 atom stereocenters.